The Hall–Kier alpha value is -2.34. The highest BCUT2D eigenvalue weighted by Crippen LogP contribution is 2.38. The summed E-state index contributed by atoms with van der Waals surface area (Å²) >= 11 is 1.62. The van der Waals surface area contributed by atoms with E-state index in [0.29, 0.717) is 5.75 Å². The summed E-state index contributed by atoms with van der Waals surface area (Å²) in [5, 5.41) is 6.72. The number of Topliss-reactive ketones (excluding diaryl/α,β-unsaturated/α-hetero) is 1. The fraction of sp³-hybridized carbons (Fsp3) is 0.278. The minimum Gasteiger partial charge on any atom is -0.387 e. The van der Waals surface area contributed by atoms with Crippen LogP contribution in [0.3, 0.4) is 0 Å². The standard InChI is InChI=1S/C18H20N4OS/c19-22-14-10-24-11-15(23)16(14)17(21-13-4-2-1-3-5-13)18(22)12-6-8-20-9-7-12/h1-4,6-8,13,20-21H,5,9-11,19H2. The Morgan fingerprint density at radius 1 is 1.33 bits per heavy atom. The Labute approximate surface area is 145 Å². The number of allylic oxidation sites excluding steroid dienone is 4. The van der Waals surface area contributed by atoms with E-state index in [2.05, 4.69) is 28.9 Å². The monoisotopic (exact) mass is 340 g/mol. The topological polar surface area (TPSA) is 72.1 Å². The number of rotatable bonds is 3. The molecule has 0 fully saturated rings. The molecule has 5 nitrogen and oxygen atoms in total. The fourth-order valence-corrected chi connectivity index (χ4v) is 4.23. The lowest BCUT2D eigenvalue weighted by Crippen LogP contribution is -2.21. The van der Waals surface area contributed by atoms with Gasteiger partial charge in [-0.1, -0.05) is 30.4 Å². The molecule has 24 heavy (non-hydrogen) atoms. The van der Waals surface area contributed by atoms with Crippen molar-refractivity contribution in [2.45, 2.75) is 18.2 Å². The Balaban J connectivity index is 1.83. The third-order valence-electron chi connectivity index (χ3n) is 4.46. The van der Waals surface area contributed by atoms with Crippen LogP contribution in [0.5, 0.6) is 0 Å². The van der Waals surface area contributed by atoms with Crippen molar-refractivity contribution >= 4 is 28.8 Å². The first kappa shape index (κ1) is 15.2. The summed E-state index contributed by atoms with van der Waals surface area (Å²) in [6.07, 6.45) is 15.3. The van der Waals surface area contributed by atoms with E-state index in [4.69, 9.17) is 5.84 Å². The van der Waals surface area contributed by atoms with E-state index in [1.54, 1.807) is 16.4 Å². The summed E-state index contributed by atoms with van der Waals surface area (Å²) < 4.78 is 1.70. The van der Waals surface area contributed by atoms with Crippen LogP contribution >= 0.6 is 11.8 Å². The maximum Gasteiger partial charge on any atom is 0.176 e. The van der Waals surface area contributed by atoms with Crippen LogP contribution in [-0.4, -0.2) is 28.8 Å². The number of carbonyl (C=O) groups is 1. The molecule has 0 radical (unpaired) electrons. The van der Waals surface area contributed by atoms with Crippen molar-refractivity contribution in [2.75, 3.05) is 23.5 Å². The normalized spacial score (nSPS) is 22.1. The number of nitrogens with zero attached hydrogens (tertiary/aromatic N) is 1. The Morgan fingerprint density at radius 2 is 2.25 bits per heavy atom. The first-order chi connectivity index (χ1) is 11.8. The van der Waals surface area contributed by atoms with E-state index in [1.165, 1.54) is 0 Å². The molecule has 0 aromatic carbocycles. The second kappa shape index (κ2) is 6.28. The number of dihydropyridines is 1. The molecular formula is C18H20N4OS. The second-order valence-electron chi connectivity index (χ2n) is 6.03. The lowest BCUT2D eigenvalue weighted by molar-refractivity contribution is 0.102. The largest absolute Gasteiger partial charge is 0.387 e. The third-order valence-corrected chi connectivity index (χ3v) is 5.41. The van der Waals surface area contributed by atoms with E-state index >= 15 is 0 Å². The molecule has 0 spiro atoms. The van der Waals surface area contributed by atoms with Crippen LogP contribution in [0.25, 0.3) is 5.57 Å². The van der Waals surface area contributed by atoms with E-state index in [-0.39, 0.29) is 11.8 Å². The summed E-state index contributed by atoms with van der Waals surface area (Å²) in [6, 6.07) is 0.175. The molecule has 0 saturated heterocycles. The molecule has 0 saturated carbocycles. The number of thioether (sulfide) groups is 1. The number of fused-ring (bicyclic) bond motifs is 1. The molecule has 2 aliphatic heterocycles. The lowest BCUT2D eigenvalue weighted by Gasteiger charge is -2.20. The van der Waals surface area contributed by atoms with Gasteiger partial charge in [0.05, 0.1) is 28.4 Å². The molecule has 3 aliphatic rings. The van der Waals surface area contributed by atoms with Gasteiger partial charge in [0.15, 0.2) is 5.78 Å². The van der Waals surface area contributed by atoms with Crippen molar-refractivity contribution in [2.24, 2.45) is 0 Å². The molecule has 3 heterocycles. The number of nitrogens with two attached hydrogens (primary N) is 1. The predicted octanol–water partition coefficient (Wildman–Crippen LogP) is 2.43. The molecule has 4 rings (SSSR count). The van der Waals surface area contributed by atoms with Crippen molar-refractivity contribution in [3.63, 3.8) is 0 Å². The molecule has 124 valence electrons. The summed E-state index contributed by atoms with van der Waals surface area (Å²) in [5.74, 6) is 7.84. The first-order valence-corrected chi connectivity index (χ1v) is 9.25. The highest BCUT2D eigenvalue weighted by molar-refractivity contribution is 7.99. The van der Waals surface area contributed by atoms with Gasteiger partial charge in [-0.3, -0.25) is 9.47 Å². The average molecular weight is 340 g/mol. The molecular weight excluding hydrogens is 320 g/mol. The zero-order valence-electron chi connectivity index (χ0n) is 13.3. The van der Waals surface area contributed by atoms with Gasteiger partial charge >= 0.3 is 0 Å². The minimum absolute atomic E-state index is 0.156. The van der Waals surface area contributed by atoms with Crippen LogP contribution in [0.15, 0.2) is 42.7 Å². The smallest absolute Gasteiger partial charge is 0.176 e. The lowest BCUT2D eigenvalue weighted by atomic mass is 10.0. The minimum atomic E-state index is 0.156. The molecule has 1 aliphatic carbocycles. The van der Waals surface area contributed by atoms with Gasteiger partial charge in [-0.25, -0.2) is 0 Å². The fourth-order valence-electron chi connectivity index (χ4n) is 3.32. The molecule has 4 N–H and O–H groups in total. The van der Waals surface area contributed by atoms with Gasteiger partial charge in [-0.05, 0) is 18.7 Å². The summed E-state index contributed by atoms with van der Waals surface area (Å²) in [5.41, 5.74) is 4.50. The number of anilines is 1. The van der Waals surface area contributed by atoms with Crippen LogP contribution in [0.4, 0.5) is 5.69 Å². The van der Waals surface area contributed by atoms with Gasteiger partial charge in [-0.2, -0.15) is 0 Å². The zero-order chi connectivity index (χ0) is 16.5. The average Bonchev–Trinajstić information content (AvgIpc) is 2.90. The number of ketones is 1. The van der Waals surface area contributed by atoms with Crippen molar-refractivity contribution in [3.05, 3.63) is 59.6 Å². The molecule has 1 unspecified atom stereocenters. The van der Waals surface area contributed by atoms with Crippen molar-refractivity contribution < 1.29 is 4.79 Å². The maximum absolute atomic E-state index is 12.6. The number of nitrogens with one attached hydrogen (secondary N) is 2. The Bertz CT molecular complexity index is 800. The predicted molar refractivity (Wildman–Crippen MR) is 101 cm³/mol. The number of hydrogen-bond donors (Lipinski definition) is 3. The number of hydrogen-bond acceptors (Lipinski definition) is 5. The molecule has 1 aromatic heterocycles. The van der Waals surface area contributed by atoms with Gasteiger partial charge in [-0.15, -0.1) is 11.8 Å². The molecule has 1 aromatic rings. The van der Waals surface area contributed by atoms with Gasteiger partial charge in [0.1, 0.15) is 0 Å². The van der Waals surface area contributed by atoms with Crippen molar-refractivity contribution in [1.82, 2.24) is 9.99 Å². The molecule has 1 atom stereocenters. The van der Waals surface area contributed by atoms with Crippen LogP contribution in [0.1, 0.15) is 28.2 Å². The summed E-state index contributed by atoms with van der Waals surface area (Å²) in [7, 11) is 0. The quantitative estimate of drug-likeness (QED) is 0.737. The van der Waals surface area contributed by atoms with E-state index in [1.807, 2.05) is 24.4 Å². The molecule has 0 bridgehead atoms. The van der Waals surface area contributed by atoms with Gasteiger partial charge in [0.25, 0.3) is 0 Å². The number of nitrogen functional groups attached to an aromatic ring is 1. The van der Waals surface area contributed by atoms with Crippen molar-refractivity contribution in [3.8, 4) is 0 Å². The van der Waals surface area contributed by atoms with Crippen LogP contribution in [0, 0.1) is 0 Å². The summed E-state index contributed by atoms with van der Waals surface area (Å²) in [6.45, 7) is 0.760. The highest BCUT2D eigenvalue weighted by atomic mass is 32.2. The second-order valence-corrected chi connectivity index (χ2v) is 7.02. The van der Waals surface area contributed by atoms with Crippen molar-refractivity contribution in [1.29, 1.82) is 0 Å². The third kappa shape index (κ3) is 2.57. The van der Waals surface area contributed by atoms with E-state index in [0.717, 1.165) is 46.9 Å². The van der Waals surface area contributed by atoms with Gasteiger partial charge < -0.3 is 16.5 Å². The van der Waals surface area contributed by atoms with Crippen LogP contribution in [-0.2, 0) is 5.75 Å². The maximum atomic E-state index is 12.6. The van der Waals surface area contributed by atoms with Gasteiger partial charge in [0, 0.05) is 23.9 Å². The Kier molecular flexibility index (Phi) is 3.98. The first-order valence-electron chi connectivity index (χ1n) is 8.09. The summed E-state index contributed by atoms with van der Waals surface area (Å²) in [4.78, 5) is 12.6. The zero-order valence-corrected chi connectivity index (χ0v) is 14.1. The van der Waals surface area contributed by atoms with Crippen LogP contribution < -0.4 is 16.5 Å². The Morgan fingerprint density at radius 3 is 3.00 bits per heavy atom. The highest BCUT2D eigenvalue weighted by Gasteiger charge is 2.31. The van der Waals surface area contributed by atoms with E-state index in [9.17, 15) is 4.79 Å². The number of carbonyl (C=O) groups excluding carboxylic acids is 1. The number of aromatic nitrogens is 1. The van der Waals surface area contributed by atoms with E-state index < -0.39 is 0 Å². The molecule has 6 heteroatoms. The van der Waals surface area contributed by atoms with Crippen LogP contribution in [0.2, 0.25) is 0 Å². The molecule has 0 amide bonds. The van der Waals surface area contributed by atoms with Gasteiger partial charge in [0.2, 0.25) is 0 Å². The SMILES string of the molecule is Nn1c2c(c(NC3C=CC=CC3)c1C1=CCNC=C1)C(=O)CSC2.